The van der Waals surface area contributed by atoms with E-state index in [0.29, 0.717) is 47.6 Å². The first-order valence-electron chi connectivity index (χ1n) is 13.8. The van der Waals surface area contributed by atoms with Crippen LogP contribution in [0.4, 0.5) is 10.5 Å². The average Bonchev–Trinajstić information content (AvgIpc) is 3.90. The van der Waals surface area contributed by atoms with Crippen molar-refractivity contribution in [1.29, 1.82) is 0 Å². The Balaban J connectivity index is 1.32. The third-order valence-electron chi connectivity index (χ3n) is 7.45. The maximum absolute atomic E-state index is 13.7. The largest absolute Gasteiger partial charge is 0.426 e. The number of amidine groups is 1. The molecule has 42 heavy (non-hydrogen) atoms. The van der Waals surface area contributed by atoms with Gasteiger partial charge in [0.1, 0.15) is 18.1 Å². The van der Waals surface area contributed by atoms with E-state index >= 15 is 0 Å². The molecule has 1 aromatic rings. The predicted octanol–water partition coefficient (Wildman–Crippen LogP) is 1.43. The number of hydrazine groups is 1. The van der Waals surface area contributed by atoms with Crippen molar-refractivity contribution in [3.05, 3.63) is 40.6 Å². The van der Waals surface area contributed by atoms with Crippen molar-refractivity contribution in [3.63, 3.8) is 0 Å². The average molecular weight is 580 g/mol. The van der Waals surface area contributed by atoms with Gasteiger partial charge in [-0.2, -0.15) is 0 Å². The van der Waals surface area contributed by atoms with Gasteiger partial charge in [-0.3, -0.25) is 24.8 Å². The molecule has 0 spiro atoms. The van der Waals surface area contributed by atoms with Gasteiger partial charge in [-0.1, -0.05) is 6.07 Å². The molecule has 2 aliphatic carbocycles. The zero-order valence-corrected chi connectivity index (χ0v) is 23.6. The van der Waals surface area contributed by atoms with Gasteiger partial charge in [0.2, 0.25) is 19.1 Å². The Bertz CT molecular complexity index is 1400. The Labute approximate surface area is 242 Å². The lowest BCUT2D eigenvalue weighted by atomic mass is 10.0. The normalized spacial score (nSPS) is 20.8. The summed E-state index contributed by atoms with van der Waals surface area (Å²) in [4.78, 5) is 71.8. The Kier molecular flexibility index (Phi) is 8.22. The molecule has 14 nitrogen and oxygen atoms in total. The smallest absolute Gasteiger partial charge is 0.419 e. The van der Waals surface area contributed by atoms with E-state index in [0.717, 1.165) is 23.3 Å². The number of hydrogen-bond acceptors (Lipinski definition) is 10. The third kappa shape index (κ3) is 6.26. The Morgan fingerprint density at radius 3 is 2.64 bits per heavy atom. The Morgan fingerprint density at radius 2 is 1.95 bits per heavy atom. The van der Waals surface area contributed by atoms with E-state index in [1.807, 2.05) is 13.0 Å². The van der Waals surface area contributed by atoms with Gasteiger partial charge in [0, 0.05) is 17.6 Å². The lowest BCUT2D eigenvalue weighted by molar-refractivity contribution is -0.155. The number of carbonyl (C=O) groups is 5. The molecule has 2 unspecified atom stereocenters. The van der Waals surface area contributed by atoms with Crippen LogP contribution in [0.3, 0.4) is 0 Å². The van der Waals surface area contributed by atoms with Gasteiger partial charge in [-0.05, 0) is 69.7 Å². The summed E-state index contributed by atoms with van der Waals surface area (Å²) in [5.41, 5.74) is 6.25. The fourth-order valence-corrected chi connectivity index (χ4v) is 4.67. The van der Waals surface area contributed by atoms with Crippen LogP contribution in [0.1, 0.15) is 55.5 Å². The fraction of sp³-hybridized carbons (Fsp3) is 0.464. The van der Waals surface area contributed by atoms with Crippen LogP contribution in [0.15, 0.2) is 39.5 Å². The van der Waals surface area contributed by atoms with Gasteiger partial charge in [-0.15, -0.1) is 0 Å². The lowest BCUT2D eigenvalue weighted by Gasteiger charge is -2.26. The highest BCUT2D eigenvalue weighted by atomic mass is 16.7. The quantitative estimate of drug-likeness (QED) is 0.211. The molecule has 2 heterocycles. The van der Waals surface area contributed by atoms with Crippen molar-refractivity contribution in [3.8, 4) is 0 Å². The van der Waals surface area contributed by atoms with Crippen molar-refractivity contribution in [2.24, 2.45) is 15.9 Å². The third-order valence-corrected chi connectivity index (χ3v) is 7.45. The highest BCUT2D eigenvalue weighted by Gasteiger charge is 2.45. The van der Waals surface area contributed by atoms with E-state index in [2.05, 4.69) is 21.1 Å². The second kappa shape index (κ2) is 12.0. The number of esters is 1. The van der Waals surface area contributed by atoms with Crippen molar-refractivity contribution in [2.75, 3.05) is 13.3 Å². The van der Waals surface area contributed by atoms with Crippen LogP contribution in [0.5, 0.6) is 0 Å². The van der Waals surface area contributed by atoms with Crippen LogP contribution in [0.25, 0.3) is 0 Å². The number of imide groups is 1. The maximum Gasteiger partial charge on any atom is 0.419 e. The summed E-state index contributed by atoms with van der Waals surface area (Å²) in [5, 5.41) is 6.98. The van der Waals surface area contributed by atoms with E-state index in [1.165, 1.54) is 13.3 Å². The summed E-state index contributed by atoms with van der Waals surface area (Å²) >= 11 is 0. The van der Waals surface area contributed by atoms with Crippen LogP contribution >= 0.6 is 0 Å². The van der Waals surface area contributed by atoms with Gasteiger partial charge in [0.15, 0.2) is 5.84 Å². The van der Waals surface area contributed by atoms with Gasteiger partial charge in [-0.25, -0.2) is 24.5 Å². The number of ether oxygens (including phenoxy) is 2. The zero-order chi connectivity index (χ0) is 30.0. The molecule has 5 rings (SSSR count). The summed E-state index contributed by atoms with van der Waals surface area (Å²) < 4.78 is 9.97. The molecule has 0 aromatic heterocycles. The number of fused-ring (bicyclic) bond motifs is 1. The number of nitrogens with zero attached hydrogens (tertiary/aromatic N) is 4. The van der Waals surface area contributed by atoms with Crippen LogP contribution in [-0.2, 0) is 23.9 Å². The van der Waals surface area contributed by atoms with E-state index in [1.54, 1.807) is 24.1 Å². The number of hydrogen-bond donors (Lipinski definition) is 3. The van der Waals surface area contributed by atoms with Crippen molar-refractivity contribution in [2.45, 2.75) is 64.6 Å². The second-order valence-corrected chi connectivity index (χ2v) is 10.7. The molecule has 0 bridgehead atoms. The van der Waals surface area contributed by atoms with Crippen molar-refractivity contribution in [1.82, 2.24) is 26.0 Å². The fourth-order valence-electron chi connectivity index (χ4n) is 4.67. The number of benzene rings is 1. The standard InChI is InChI=1S/C28H33N7O7/c1-15-4-5-18(25(37)32-19-6-7-19)10-22(15)33-24-23-16(2)21(11-34(23)31-12-29-24)26(38)35(20-8-9-20)28(40)42-14-41-27(39)17(3)30-13-36/h4-5,10,12-13,17,19-21H,6-9,11,14H2,1-3H3,(H,30,36)(H,32,37)(H,29,31,33). The van der Waals surface area contributed by atoms with Gasteiger partial charge in [0.25, 0.3) is 5.91 Å². The highest BCUT2D eigenvalue weighted by Crippen LogP contribution is 2.36. The zero-order valence-electron chi connectivity index (χ0n) is 23.6. The van der Waals surface area contributed by atoms with Gasteiger partial charge in [0.05, 0.1) is 18.2 Å². The van der Waals surface area contributed by atoms with Crippen LogP contribution in [-0.4, -0.2) is 83.8 Å². The molecule has 3 N–H and O–H groups in total. The molecule has 2 atom stereocenters. The second-order valence-electron chi connectivity index (χ2n) is 10.7. The number of amides is 4. The Hall–Kier alpha value is -4.75. The molecule has 2 saturated carbocycles. The lowest BCUT2D eigenvalue weighted by Crippen LogP contribution is -2.46. The Morgan fingerprint density at radius 1 is 1.19 bits per heavy atom. The predicted molar refractivity (Wildman–Crippen MR) is 149 cm³/mol. The van der Waals surface area contributed by atoms with Crippen molar-refractivity contribution < 1.29 is 33.4 Å². The first-order chi connectivity index (χ1) is 20.2. The number of carbonyl (C=O) groups excluding carboxylic acids is 5. The summed E-state index contributed by atoms with van der Waals surface area (Å²) in [6, 6.07) is 4.33. The molecular formula is C28H33N7O7. The van der Waals surface area contributed by atoms with E-state index in [4.69, 9.17) is 14.5 Å². The molecule has 222 valence electrons. The summed E-state index contributed by atoms with van der Waals surface area (Å²) in [6.45, 7) is 4.64. The monoisotopic (exact) mass is 579 g/mol. The minimum atomic E-state index is -0.913. The molecule has 1 aromatic carbocycles. The van der Waals surface area contributed by atoms with Crippen molar-refractivity contribution >= 4 is 48.1 Å². The SMILES string of the molecule is CC1=C2C(=Nc3cc(C(=O)NC4CC4)ccc3C)N=CNN2CC1C(=O)N(C(=O)OCOC(=O)C(C)NC=O)C1CC1. The van der Waals surface area contributed by atoms with Gasteiger partial charge < -0.3 is 20.1 Å². The highest BCUT2D eigenvalue weighted by molar-refractivity contribution is 6.07. The molecule has 14 heteroatoms. The first-order valence-corrected chi connectivity index (χ1v) is 13.8. The molecule has 4 aliphatic rings. The minimum absolute atomic E-state index is 0.148. The molecule has 2 fully saturated rings. The number of aliphatic imine (C=N–C) groups is 2. The topological polar surface area (TPSA) is 171 Å². The van der Waals surface area contributed by atoms with E-state index in [-0.39, 0.29) is 24.5 Å². The molecule has 4 amide bonds. The minimum Gasteiger partial charge on any atom is -0.426 e. The van der Waals surface area contributed by atoms with Gasteiger partial charge >= 0.3 is 12.1 Å². The first kappa shape index (κ1) is 28.8. The molecule has 2 aliphatic heterocycles. The number of aryl methyl sites for hydroxylation is 1. The summed E-state index contributed by atoms with van der Waals surface area (Å²) in [7, 11) is 0. The van der Waals surface area contributed by atoms with E-state index in [9.17, 15) is 24.0 Å². The number of rotatable bonds is 10. The molecular weight excluding hydrogens is 546 g/mol. The van der Waals surface area contributed by atoms with Crippen LogP contribution in [0, 0.1) is 12.8 Å². The maximum atomic E-state index is 13.7. The van der Waals surface area contributed by atoms with E-state index < -0.39 is 36.7 Å². The summed E-state index contributed by atoms with van der Waals surface area (Å²) in [6.07, 6.45) is 4.18. The number of nitrogens with one attached hydrogen (secondary N) is 3. The van der Waals surface area contributed by atoms with Crippen LogP contribution in [0.2, 0.25) is 0 Å². The van der Waals surface area contributed by atoms with Crippen LogP contribution < -0.4 is 16.1 Å². The molecule has 0 radical (unpaired) electrons. The summed E-state index contributed by atoms with van der Waals surface area (Å²) in [5.74, 6) is -1.70. The molecule has 0 saturated heterocycles.